The number of primary amides is 2. The molecule has 4 aromatic heterocycles. The van der Waals surface area contributed by atoms with Crippen molar-refractivity contribution in [3.63, 3.8) is 0 Å². The Morgan fingerprint density at radius 2 is 0.868 bits per heavy atom. The maximum atomic E-state index is 13.8. The summed E-state index contributed by atoms with van der Waals surface area (Å²) >= 11 is 0. The Labute approximate surface area is 426 Å². The van der Waals surface area contributed by atoms with Crippen molar-refractivity contribution in [3.8, 4) is 45.3 Å². The monoisotopic (exact) mass is 1040 g/mol. The van der Waals surface area contributed by atoms with Crippen LogP contribution in [0.15, 0.2) is 129 Å². The van der Waals surface area contributed by atoms with Gasteiger partial charge in [-0.05, 0) is 102 Å². The van der Waals surface area contributed by atoms with E-state index >= 15 is 0 Å². The highest BCUT2D eigenvalue weighted by molar-refractivity contribution is 6.00. The summed E-state index contributed by atoms with van der Waals surface area (Å²) < 4.78 is 87.1. The van der Waals surface area contributed by atoms with Gasteiger partial charge >= 0.3 is 23.7 Å². The van der Waals surface area contributed by atoms with Crippen molar-refractivity contribution >= 4 is 23.2 Å². The quantitative estimate of drug-likeness (QED) is 0.0994. The molecule has 0 aliphatic heterocycles. The first kappa shape index (κ1) is 53.9. The number of benzene rings is 4. The fourth-order valence-electron chi connectivity index (χ4n) is 8.42. The fourth-order valence-corrected chi connectivity index (χ4v) is 8.42. The van der Waals surface area contributed by atoms with Crippen molar-refractivity contribution in [2.45, 2.75) is 66.0 Å². The Morgan fingerprint density at radius 3 is 1.14 bits per heavy atom. The van der Waals surface area contributed by atoms with E-state index in [9.17, 15) is 55.1 Å². The smallest absolute Gasteiger partial charge is 0.365 e. The minimum absolute atomic E-state index is 0.0155. The molecule has 8 aromatic rings. The third kappa shape index (κ3) is 9.98. The van der Waals surface area contributed by atoms with E-state index in [2.05, 4.69) is 19.9 Å². The van der Waals surface area contributed by atoms with E-state index < -0.39 is 69.9 Å². The number of nitrogens with two attached hydrogens (primary N) is 2. The van der Waals surface area contributed by atoms with Crippen LogP contribution in [-0.4, -0.2) is 49.6 Å². The summed E-state index contributed by atoms with van der Waals surface area (Å²) in [6.07, 6.45) is -7.01. The highest BCUT2D eigenvalue weighted by Crippen LogP contribution is 2.34. The van der Waals surface area contributed by atoms with Crippen LogP contribution < -0.4 is 34.0 Å². The van der Waals surface area contributed by atoms with Gasteiger partial charge in [-0.15, -0.1) is 0 Å². The molecule has 0 atom stereocenters. The SMILES string of the molecule is [C-]#[N+]c1ccc(-n2ncc(C(N)=O)c2-c2c(C)n(-c3cccc(C(F)(F)F)c3)c(=O)n(C(C)C)c2=O)cc1.[C-]#[N+]c1ccc(-n2ncc(C(N)=O)c2-c2c(C)n(-c3cccc(C(F)(F)F)c3)c(=O)n(C(C)C)c2=O)cc1. The fraction of sp³-hybridized carbons (Fsp3) is 0.192. The van der Waals surface area contributed by atoms with Crippen LogP contribution in [0, 0.1) is 27.0 Å². The Balaban J connectivity index is 0.000000221. The summed E-state index contributed by atoms with van der Waals surface area (Å²) in [6, 6.07) is 19.2. The lowest BCUT2D eigenvalue weighted by Crippen LogP contribution is -2.42. The molecule has 24 heteroatoms. The second kappa shape index (κ2) is 20.6. The second-order valence-electron chi connectivity index (χ2n) is 17.4. The van der Waals surface area contributed by atoms with Gasteiger partial charge in [0.25, 0.3) is 22.9 Å². The summed E-state index contributed by atoms with van der Waals surface area (Å²) in [5.74, 6) is -1.81. The van der Waals surface area contributed by atoms with Crippen molar-refractivity contribution in [2.24, 2.45) is 11.5 Å². The van der Waals surface area contributed by atoms with E-state index in [4.69, 9.17) is 24.6 Å². The van der Waals surface area contributed by atoms with Crippen LogP contribution in [0.1, 0.15) is 83.0 Å². The van der Waals surface area contributed by atoms with Gasteiger partial charge in [0.2, 0.25) is 0 Å². The molecule has 0 aliphatic carbocycles. The molecule has 0 spiro atoms. The number of amides is 2. The molecular weight excluding hydrogens is 1000 g/mol. The van der Waals surface area contributed by atoms with Crippen molar-refractivity contribution < 1.29 is 35.9 Å². The first-order valence-corrected chi connectivity index (χ1v) is 22.6. The molecule has 0 unspecified atom stereocenters. The summed E-state index contributed by atoms with van der Waals surface area (Å²) in [5, 5.41) is 8.44. The maximum Gasteiger partial charge on any atom is 0.416 e. The van der Waals surface area contributed by atoms with E-state index in [-0.39, 0.29) is 56.4 Å². The van der Waals surface area contributed by atoms with Crippen molar-refractivity contribution in [1.29, 1.82) is 0 Å². The predicted octanol–water partition coefficient (Wildman–Crippen LogP) is 8.82. The molecule has 0 bridgehead atoms. The topological polar surface area (TPSA) is 219 Å². The van der Waals surface area contributed by atoms with Gasteiger partial charge in [-0.3, -0.25) is 37.4 Å². The van der Waals surface area contributed by atoms with Gasteiger partial charge < -0.3 is 11.5 Å². The maximum absolute atomic E-state index is 13.8. The van der Waals surface area contributed by atoms with Crippen molar-refractivity contribution in [1.82, 2.24) is 37.8 Å². The first-order valence-electron chi connectivity index (χ1n) is 22.6. The van der Waals surface area contributed by atoms with Gasteiger partial charge in [0.15, 0.2) is 11.4 Å². The third-order valence-corrected chi connectivity index (χ3v) is 11.9. The molecule has 4 heterocycles. The third-order valence-electron chi connectivity index (χ3n) is 11.9. The Morgan fingerprint density at radius 1 is 0.539 bits per heavy atom. The predicted molar refractivity (Wildman–Crippen MR) is 268 cm³/mol. The number of carbonyl (C=O) groups excluding carboxylic acids is 2. The number of alkyl halides is 6. The van der Waals surface area contributed by atoms with Gasteiger partial charge in [0.1, 0.15) is 0 Å². The van der Waals surface area contributed by atoms with Crippen LogP contribution in [-0.2, 0) is 12.4 Å². The number of aromatic nitrogens is 8. The highest BCUT2D eigenvalue weighted by atomic mass is 19.4. The number of rotatable bonds is 10. The van der Waals surface area contributed by atoms with E-state index in [1.54, 1.807) is 52.0 Å². The van der Waals surface area contributed by atoms with Crippen molar-refractivity contribution in [2.75, 3.05) is 0 Å². The van der Waals surface area contributed by atoms with E-state index in [1.165, 1.54) is 72.0 Å². The van der Waals surface area contributed by atoms with Crippen LogP contribution in [0.25, 0.3) is 55.0 Å². The minimum Gasteiger partial charge on any atom is -0.365 e. The van der Waals surface area contributed by atoms with E-state index in [0.29, 0.717) is 22.7 Å². The lowest BCUT2D eigenvalue weighted by molar-refractivity contribution is -0.138. The van der Waals surface area contributed by atoms with Gasteiger partial charge in [-0.1, -0.05) is 36.4 Å². The largest absolute Gasteiger partial charge is 0.416 e. The Kier molecular flexibility index (Phi) is 14.6. The van der Waals surface area contributed by atoms with Gasteiger partial charge in [-0.25, -0.2) is 28.6 Å². The standard InChI is InChI=1S/2C26H21F3N6O3/c2*1-14(2)33-24(37)21(15(3)34(25(33)38)19-7-5-6-16(12-19)26(27,28)29)22-20(23(30)36)13-32-35(22)18-10-8-17(31-4)9-11-18/h2*5-14H,1-3H3,(H2,30,36). The molecule has 76 heavy (non-hydrogen) atoms. The summed E-state index contributed by atoms with van der Waals surface area (Å²) in [6.45, 7) is 23.4. The zero-order valence-electron chi connectivity index (χ0n) is 40.9. The second-order valence-corrected chi connectivity index (χ2v) is 17.4. The van der Waals surface area contributed by atoms with E-state index in [1.807, 2.05) is 0 Å². The zero-order valence-corrected chi connectivity index (χ0v) is 40.9. The lowest BCUT2D eigenvalue weighted by Gasteiger charge is -2.21. The highest BCUT2D eigenvalue weighted by Gasteiger charge is 2.34. The average molecular weight is 1040 g/mol. The first-order chi connectivity index (χ1) is 35.7. The molecule has 8 rings (SSSR count). The molecule has 0 fully saturated rings. The summed E-state index contributed by atoms with van der Waals surface area (Å²) in [7, 11) is 0. The molecule has 18 nitrogen and oxygen atoms in total. The summed E-state index contributed by atoms with van der Waals surface area (Å²) in [4.78, 5) is 85.9. The molecule has 4 aromatic carbocycles. The number of hydrogen-bond donors (Lipinski definition) is 2. The van der Waals surface area contributed by atoms with Crippen LogP contribution in [0.5, 0.6) is 0 Å². The van der Waals surface area contributed by atoms with Gasteiger partial charge in [0, 0.05) is 23.5 Å². The van der Waals surface area contributed by atoms with Crippen LogP contribution in [0.2, 0.25) is 0 Å². The summed E-state index contributed by atoms with van der Waals surface area (Å²) in [5.41, 5.74) is 6.55. The van der Waals surface area contributed by atoms with Crippen LogP contribution in [0.4, 0.5) is 37.7 Å². The Hall–Kier alpha value is -9.84. The normalized spacial score (nSPS) is 11.5. The number of hydrogen-bond acceptors (Lipinski definition) is 8. The number of halogens is 6. The molecule has 0 aliphatic rings. The number of carbonyl (C=O) groups is 2. The van der Waals surface area contributed by atoms with Gasteiger partial charge in [-0.2, -0.15) is 36.5 Å². The lowest BCUT2D eigenvalue weighted by atomic mass is 10.1. The molecular formula is C52H42F6N12O6. The minimum atomic E-state index is -4.67. The van der Waals surface area contributed by atoms with Gasteiger partial charge in [0.05, 0.1) is 93.1 Å². The Bertz CT molecular complexity index is 3700. The van der Waals surface area contributed by atoms with E-state index in [0.717, 1.165) is 54.7 Å². The average Bonchev–Trinajstić information content (AvgIpc) is 4.00. The molecule has 4 N–H and O–H groups in total. The van der Waals surface area contributed by atoms with Crippen LogP contribution in [0.3, 0.4) is 0 Å². The number of nitrogens with zero attached hydrogens (tertiary/aromatic N) is 10. The molecule has 2 amide bonds. The van der Waals surface area contributed by atoms with Crippen molar-refractivity contribution in [3.05, 3.63) is 208 Å². The zero-order chi connectivity index (χ0) is 55.9. The molecule has 0 radical (unpaired) electrons. The molecule has 0 saturated heterocycles. The molecule has 0 saturated carbocycles. The van der Waals surface area contributed by atoms with Crippen LogP contribution >= 0.6 is 0 Å². The molecule has 388 valence electrons.